The smallest absolute Gasteiger partial charge is 0.306 e. The Hall–Kier alpha value is -1.67. The van der Waals surface area contributed by atoms with Crippen LogP contribution < -0.4 is 11.0 Å². The zero-order chi connectivity index (χ0) is 15.4. The Kier molecular flexibility index (Phi) is 3.09. The zero-order valence-electron chi connectivity index (χ0n) is 12.9. The van der Waals surface area contributed by atoms with Crippen LogP contribution in [0, 0.1) is 0 Å². The molecule has 0 bridgehead atoms. The zero-order valence-corrected chi connectivity index (χ0v) is 12.9. The van der Waals surface area contributed by atoms with Crippen LogP contribution in [0.15, 0.2) is 29.1 Å². The highest BCUT2D eigenvalue weighted by atomic mass is 16.9. The Morgan fingerprint density at radius 3 is 2.78 bits per heavy atom. The summed E-state index contributed by atoms with van der Waals surface area (Å²) in [6.07, 6.45) is 2.19. The van der Waals surface area contributed by atoms with Gasteiger partial charge in [-0.2, -0.15) is 0 Å². The fraction of sp³-hybridized carbons (Fsp3) is 0.562. The number of hydrogen-bond acceptors (Lipinski definition) is 5. The van der Waals surface area contributed by atoms with Gasteiger partial charge in [0.2, 0.25) is 6.35 Å². The minimum absolute atomic E-state index is 0.0179. The maximum Gasteiger partial charge on any atom is 0.326 e. The normalized spacial score (nSPS) is 32.1. The predicted molar refractivity (Wildman–Crippen MR) is 85.8 cm³/mol. The average molecular weight is 315 g/mol. The quantitative estimate of drug-likeness (QED) is 0.789. The molecule has 3 unspecified atom stereocenters. The molecule has 0 aliphatic carbocycles. The van der Waals surface area contributed by atoms with Gasteiger partial charge in [-0.15, -0.1) is 5.06 Å². The fourth-order valence-corrected chi connectivity index (χ4v) is 4.08. The Bertz CT molecular complexity index is 776. The standard InChI is InChI=1S/C16H21N5O2/c22-15-18-13-3-1-2-4-14(13)21(15)11-5-7-19(8-6-11)12-9-17-16-20(10-12)23-16/h1-4,11-12,16-17H,5-10H2,(H,18,22). The molecule has 3 atom stereocenters. The molecule has 5 rings (SSSR count). The summed E-state index contributed by atoms with van der Waals surface area (Å²) in [6, 6.07) is 8.75. The molecule has 7 heteroatoms. The highest BCUT2D eigenvalue weighted by Gasteiger charge is 2.44. The predicted octanol–water partition coefficient (Wildman–Crippen LogP) is 0.469. The van der Waals surface area contributed by atoms with Crippen molar-refractivity contribution in [2.24, 2.45) is 0 Å². The van der Waals surface area contributed by atoms with Gasteiger partial charge in [-0.05, 0) is 25.0 Å². The lowest BCUT2D eigenvalue weighted by atomic mass is 10.0. The van der Waals surface area contributed by atoms with E-state index in [0.717, 1.165) is 50.1 Å². The first-order valence-corrected chi connectivity index (χ1v) is 8.40. The van der Waals surface area contributed by atoms with Gasteiger partial charge in [-0.3, -0.25) is 19.6 Å². The molecule has 2 aromatic rings. The van der Waals surface area contributed by atoms with Crippen molar-refractivity contribution in [3.63, 3.8) is 0 Å². The van der Waals surface area contributed by atoms with Gasteiger partial charge < -0.3 is 4.98 Å². The molecule has 3 aliphatic rings. The number of hydrogen-bond donors (Lipinski definition) is 2. The number of aromatic nitrogens is 2. The van der Waals surface area contributed by atoms with E-state index >= 15 is 0 Å². The Balaban J connectivity index is 1.32. The number of nitrogens with zero attached hydrogens (tertiary/aromatic N) is 3. The third-order valence-corrected chi connectivity index (χ3v) is 5.37. The number of benzene rings is 1. The maximum absolute atomic E-state index is 12.3. The lowest BCUT2D eigenvalue weighted by Crippen LogP contribution is -2.53. The molecule has 3 fully saturated rings. The largest absolute Gasteiger partial charge is 0.326 e. The molecule has 7 nitrogen and oxygen atoms in total. The molecule has 2 N–H and O–H groups in total. The van der Waals surface area contributed by atoms with Crippen molar-refractivity contribution >= 4 is 11.0 Å². The van der Waals surface area contributed by atoms with Crippen molar-refractivity contribution in [3.8, 4) is 0 Å². The SMILES string of the molecule is O=c1[nH]c2ccccc2n1C1CCN(C2CNC3ON3C2)CC1. The number of para-hydroxylation sites is 2. The molecule has 3 saturated heterocycles. The molecule has 4 heterocycles. The summed E-state index contributed by atoms with van der Waals surface area (Å²) >= 11 is 0. The molecular weight excluding hydrogens is 294 g/mol. The van der Waals surface area contributed by atoms with Crippen LogP contribution in [-0.4, -0.2) is 58.1 Å². The molecule has 1 aromatic heterocycles. The molecule has 122 valence electrons. The summed E-state index contributed by atoms with van der Waals surface area (Å²) in [4.78, 5) is 23.2. The van der Waals surface area contributed by atoms with Gasteiger partial charge in [0.25, 0.3) is 0 Å². The summed E-state index contributed by atoms with van der Waals surface area (Å²) in [5.74, 6) is 0. The number of fused-ring (bicyclic) bond motifs is 2. The van der Waals surface area contributed by atoms with Crippen LogP contribution in [0.2, 0.25) is 0 Å². The van der Waals surface area contributed by atoms with Gasteiger partial charge >= 0.3 is 5.69 Å². The van der Waals surface area contributed by atoms with Gasteiger partial charge in [-0.1, -0.05) is 12.1 Å². The Morgan fingerprint density at radius 2 is 1.96 bits per heavy atom. The summed E-state index contributed by atoms with van der Waals surface area (Å²) in [6.45, 7) is 4.02. The molecule has 0 saturated carbocycles. The van der Waals surface area contributed by atoms with Gasteiger partial charge in [0, 0.05) is 38.3 Å². The first-order chi connectivity index (χ1) is 11.3. The molecule has 0 amide bonds. The van der Waals surface area contributed by atoms with Gasteiger partial charge in [0.05, 0.1) is 11.0 Å². The van der Waals surface area contributed by atoms with Crippen molar-refractivity contribution in [2.45, 2.75) is 31.3 Å². The molecule has 0 radical (unpaired) electrons. The van der Waals surface area contributed by atoms with E-state index in [2.05, 4.69) is 15.2 Å². The maximum atomic E-state index is 12.3. The number of piperidine rings is 1. The lowest BCUT2D eigenvalue weighted by Gasteiger charge is -2.38. The van der Waals surface area contributed by atoms with Gasteiger partial charge in [0.1, 0.15) is 0 Å². The van der Waals surface area contributed by atoms with Crippen LogP contribution >= 0.6 is 0 Å². The van der Waals surface area contributed by atoms with E-state index in [1.165, 1.54) is 0 Å². The average Bonchev–Trinajstić information content (AvgIpc) is 3.28. The summed E-state index contributed by atoms with van der Waals surface area (Å²) < 4.78 is 1.95. The van der Waals surface area contributed by atoms with E-state index < -0.39 is 0 Å². The topological polar surface area (TPSA) is 68.6 Å². The van der Waals surface area contributed by atoms with Crippen molar-refractivity contribution in [3.05, 3.63) is 34.7 Å². The number of likely N-dealkylation sites (tertiary alicyclic amines) is 1. The monoisotopic (exact) mass is 315 g/mol. The molecule has 23 heavy (non-hydrogen) atoms. The third kappa shape index (κ3) is 2.31. The first kappa shape index (κ1) is 13.7. The Morgan fingerprint density at radius 1 is 1.13 bits per heavy atom. The Labute approximate surface area is 133 Å². The van der Waals surface area contributed by atoms with Crippen molar-refractivity contribution in [1.29, 1.82) is 0 Å². The number of imidazole rings is 1. The number of nitrogens with one attached hydrogen (secondary N) is 2. The van der Waals surface area contributed by atoms with Crippen molar-refractivity contribution < 1.29 is 4.84 Å². The second kappa shape index (κ2) is 5.17. The lowest BCUT2D eigenvalue weighted by molar-refractivity contribution is 0.0879. The van der Waals surface area contributed by atoms with E-state index in [0.29, 0.717) is 6.04 Å². The van der Waals surface area contributed by atoms with E-state index in [9.17, 15) is 4.79 Å². The van der Waals surface area contributed by atoms with E-state index in [-0.39, 0.29) is 18.1 Å². The fourth-order valence-electron chi connectivity index (χ4n) is 4.08. The summed E-state index contributed by atoms with van der Waals surface area (Å²) in [7, 11) is 0. The minimum atomic E-state index is 0.0179. The number of H-pyrrole nitrogens is 1. The second-order valence-electron chi connectivity index (χ2n) is 6.70. The van der Waals surface area contributed by atoms with Crippen molar-refractivity contribution in [2.75, 3.05) is 26.2 Å². The van der Waals surface area contributed by atoms with Crippen molar-refractivity contribution in [1.82, 2.24) is 24.8 Å². The number of rotatable bonds is 2. The number of hydroxylamine groups is 2. The van der Waals surface area contributed by atoms with Crippen LogP contribution in [0.25, 0.3) is 11.0 Å². The highest BCUT2D eigenvalue weighted by Crippen LogP contribution is 2.28. The van der Waals surface area contributed by atoms with Gasteiger partial charge in [0.15, 0.2) is 0 Å². The van der Waals surface area contributed by atoms with Crippen LogP contribution in [-0.2, 0) is 4.84 Å². The first-order valence-electron chi connectivity index (χ1n) is 8.40. The van der Waals surface area contributed by atoms with E-state index in [1.54, 1.807) is 0 Å². The second-order valence-corrected chi connectivity index (χ2v) is 6.70. The minimum Gasteiger partial charge on any atom is -0.306 e. The molecule has 1 aromatic carbocycles. The summed E-state index contributed by atoms with van der Waals surface area (Å²) in [5, 5.41) is 5.38. The van der Waals surface area contributed by atoms with Crippen LogP contribution in [0.5, 0.6) is 0 Å². The van der Waals surface area contributed by atoms with E-state index in [1.807, 2.05) is 33.9 Å². The molecule has 3 aliphatic heterocycles. The van der Waals surface area contributed by atoms with Crippen LogP contribution in [0.4, 0.5) is 0 Å². The van der Waals surface area contributed by atoms with Crippen LogP contribution in [0.3, 0.4) is 0 Å². The molecule has 0 spiro atoms. The third-order valence-electron chi connectivity index (χ3n) is 5.37. The summed E-state index contributed by atoms with van der Waals surface area (Å²) in [5.41, 5.74) is 1.97. The molecular formula is C16H21N5O2. The van der Waals surface area contributed by atoms with Crippen LogP contribution in [0.1, 0.15) is 18.9 Å². The highest BCUT2D eigenvalue weighted by molar-refractivity contribution is 5.75. The van der Waals surface area contributed by atoms with Gasteiger partial charge in [-0.25, -0.2) is 4.79 Å². The number of aromatic amines is 1. The van der Waals surface area contributed by atoms with E-state index in [4.69, 9.17) is 4.84 Å².